The molecule has 0 saturated heterocycles. The maximum absolute atomic E-state index is 6.98. The summed E-state index contributed by atoms with van der Waals surface area (Å²) in [5.74, 6) is 5.80. The zero-order valence-corrected chi connectivity index (χ0v) is 83.7. The lowest BCUT2D eigenvalue weighted by Gasteiger charge is -2.16. The van der Waals surface area contributed by atoms with Crippen LogP contribution in [-0.4, -0.2) is 92.7 Å². The second-order valence-corrected chi connectivity index (χ2v) is 38.7. The Morgan fingerprint density at radius 2 is 0.420 bits per heavy atom. The van der Waals surface area contributed by atoms with E-state index in [0.29, 0.717) is 75.9 Å². The second kappa shape index (κ2) is 55.9. The molecule has 0 saturated carbocycles. The van der Waals surface area contributed by atoms with Crippen LogP contribution in [0.15, 0.2) is 146 Å². The van der Waals surface area contributed by atoms with Crippen LogP contribution in [-0.2, 0) is 0 Å². The van der Waals surface area contributed by atoms with Gasteiger partial charge >= 0.3 is 0 Å². The van der Waals surface area contributed by atoms with E-state index < -0.39 is 0 Å². The van der Waals surface area contributed by atoms with E-state index in [2.05, 4.69) is 242 Å². The maximum Gasteiger partial charge on any atom is 0.161 e. The Morgan fingerprint density at radius 3 is 0.630 bits per heavy atom. The number of ether oxygens (including phenoxy) is 8. The van der Waals surface area contributed by atoms with Crippen molar-refractivity contribution >= 4 is 92.7 Å². The highest BCUT2D eigenvalue weighted by Gasteiger charge is 2.23. The van der Waals surface area contributed by atoms with Crippen LogP contribution in [0, 0.1) is 0 Å². The molecule has 0 atom stereocenters. The Bertz CT molecular complexity index is 5240. The SMILES string of the molecule is CCCCCCCCCCCCOc1ccc2cc1OCCCCCOc1cc(ccc1OCCCCCCCCCCCC)-c1c3nc(cc4ccc([nH]4)c(c4nc(cc5ccc1[nH]5)C=C4)-c1ccc(OCCCCCCCCCCCC)c(c1)OCCCCCOc1cc(ccc1OCCCCCCCCCCCC)-c1c4nc(cc5ccc([nH]5)c-2c2nc(cc5ccc1[nH]5)C=C2)C=C4)C=C3. The van der Waals surface area contributed by atoms with Crippen molar-refractivity contribution in [2.24, 2.45) is 0 Å². The monoisotopic (exact) mass is 1860 g/mol. The number of hydrogen-bond donors (Lipinski definition) is 4. The van der Waals surface area contributed by atoms with Crippen molar-refractivity contribution in [2.45, 2.75) is 323 Å². The van der Waals surface area contributed by atoms with Crippen LogP contribution < -0.4 is 37.9 Å². The van der Waals surface area contributed by atoms with E-state index in [1.807, 2.05) is 0 Å². The van der Waals surface area contributed by atoms with Crippen molar-refractivity contribution < 1.29 is 37.9 Å². The molecule has 16 nitrogen and oxygen atoms in total. The molecule has 18 rings (SSSR count). The van der Waals surface area contributed by atoms with Gasteiger partial charge in [0, 0.05) is 66.4 Å². The standard InChI is InChI=1S/C122H156N8O8/c1-5-9-13-17-21-25-29-33-37-43-75-131-111-71-51-91-83-115(111)135-79-47-41-48-80-136-116-84-92(52-72-112(116)132-76-44-38-34-30-26-22-18-14-10-6-2)120-107-67-59-99(127-107)89-101-61-69-109(129-101)122(110-70-62-102(130-110)90-100-60-68-108(120)128-100)94-54-74-114(134-78-46-40-36-32-28-24-20-16-12-8-4)118(86-94)138-82-50-42-49-81-137-117-85-93(53-73-113(117)133-77-45-39-35-31-27-23-19-15-11-7-3)121-105-65-57-97(125-105)87-95-55-63-103(123-95)119(91)104-64-56-96(124-104)88-98-58-66-106(121)126-98/h51-74,83-90,123,126-127,130H,5-50,75-82H2,1-4H3. The third-order valence-corrected chi connectivity index (χ3v) is 27.4. The molecule has 0 amide bonds. The fraction of sp³-hybridized carbons (Fsp3) is 0.475. The van der Waals surface area contributed by atoms with Crippen LogP contribution in [0.2, 0.25) is 0 Å². The molecule has 10 aromatic rings. The highest BCUT2D eigenvalue weighted by atomic mass is 16.5. The van der Waals surface area contributed by atoms with Crippen molar-refractivity contribution in [1.29, 1.82) is 0 Å². The Kier molecular flexibility index (Phi) is 40.9. The molecule has 0 fully saturated rings. The number of benzene rings is 4. The van der Waals surface area contributed by atoms with Gasteiger partial charge in [-0.15, -0.1) is 0 Å². The van der Waals surface area contributed by atoms with Gasteiger partial charge in [0.25, 0.3) is 0 Å². The second-order valence-electron chi connectivity index (χ2n) is 38.7. The molecule has 0 radical (unpaired) electrons. The quantitative estimate of drug-likeness (QED) is 0.0265. The molecule has 28 bridgehead atoms. The Morgan fingerprint density at radius 1 is 0.217 bits per heavy atom. The molecule has 0 spiro atoms. The van der Waals surface area contributed by atoms with Gasteiger partial charge in [0.05, 0.1) is 98.4 Å². The minimum Gasteiger partial charge on any atom is -0.490 e. The van der Waals surface area contributed by atoms with Gasteiger partial charge in [-0.3, -0.25) is 0 Å². The predicted molar refractivity (Wildman–Crippen MR) is 578 cm³/mol. The topological polar surface area (TPSA) is 189 Å². The van der Waals surface area contributed by atoms with Gasteiger partial charge in [-0.25, -0.2) is 19.9 Å². The first-order chi connectivity index (χ1) is 68.3. The number of nitrogens with one attached hydrogen (secondary N) is 4. The van der Waals surface area contributed by atoms with E-state index in [1.54, 1.807) is 0 Å². The van der Waals surface area contributed by atoms with Crippen molar-refractivity contribution in [2.75, 3.05) is 52.9 Å². The Hall–Kier alpha value is -11.5. The average Bonchev–Trinajstić information content (AvgIpc) is 1.65. The van der Waals surface area contributed by atoms with Crippen molar-refractivity contribution in [3.63, 3.8) is 0 Å². The molecular weight excluding hydrogens is 1710 g/mol. The van der Waals surface area contributed by atoms with Gasteiger partial charge in [-0.1, -0.05) is 283 Å². The lowest BCUT2D eigenvalue weighted by Crippen LogP contribution is -2.05. The van der Waals surface area contributed by atoms with Crippen molar-refractivity contribution in [3.05, 3.63) is 191 Å². The Balaban J connectivity index is 0.768. The fourth-order valence-electron chi connectivity index (χ4n) is 19.5. The maximum atomic E-state index is 6.98. The van der Waals surface area contributed by atoms with E-state index >= 15 is 0 Å². The molecule has 0 unspecified atom stereocenters. The highest BCUT2D eigenvalue weighted by molar-refractivity contribution is 5.96. The lowest BCUT2D eigenvalue weighted by atomic mass is 10.0. The number of aromatic nitrogens is 8. The summed E-state index contributed by atoms with van der Waals surface area (Å²) in [6.07, 6.45) is 72.0. The van der Waals surface area contributed by atoms with Gasteiger partial charge in [0.15, 0.2) is 46.0 Å². The van der Waals surface area contributed by atoms with Gasteiger partial charge in [-0.05, 0) is 256 Å². The average molecular weight is 1860 g/mol. The first-order valence-corrected chi connectivity index (χ1v) is 54.1. The summed E-state index contributed by atoms with van der Waals surface area (Å²) >= 11 is 0. The third kappa shape index (κ3) is 30.7. The normalized spacial score (nSPS) is 13.3. The predicted octanol–water partition coefficient (Wildman–Crippen LogP) is 35.1. The zero-order chi connectivity index (χ0) is 94.6. The largest absolute Gasteiger partial charge is 0.490 e. The molecule has 14 heterocycles. The summed E-state index contributed by atoms with van der Waals surface area (Å²) in [7, 11) is 0. The molecule has 6 aromatic heterocycles. The number of unbranched alkanes of at least 4 members (excludes halogenated alkanes) is 36. The molecular formula is C122H156N8O8. The highest BCUT2D eigenvalue weighted by Crippen LogP contribution is 2.44. The van der Waals surface area contributed by atoms with Crippen LogP contribution in [0.1, 0.15) is 369 Å². The van der Waals surface area contributed by atoms with Crippen LogP contribution >= 0.6 is 0 Å². The van der Waals surface area contributed by atoms with Gasteiger partial charge in [0.2, 0.25) is 0 Å². The van der Waals surface area contributed by atoms with E-state index in [4.69, 9.17) is 57.8 Å². The summed E-state index contributed by atoms with van der Waals surface area (Å²) in [5, 5.41) is 0. The number of rotatable bonds is 48. The summed E-state index contributed by atoms with van der Waals surface area (Å²) in [6, 6.07) is 51.4. The molecule has 4 N–H and O–H groups in total. The van der Waals surface area contributed by atoms with Crippen LogP contribution in [0.3, 0.4) is 0 Å². The van der Waals surface area contributed by atoms with Gasteiger partial charge in [-0.2, -0.15) is 0 Å². The molecule has 138 heavy (non-hydrogen) atoms. The van der Waals surface area contributed by atoms with E-state index in [-0.39, 0.29) is 0 Å². The third-order valence-electron chi connectivity index (χ3n) is 27.4. The molecule has 8 aliphatic rings. The van der Waals surface area contributed by atoms with E-state index in [9.17, 15) is 0 Å². The molecule has 4 aromatic carbocycles. The minimum atomic E-state index is 0.486. The smallest absolute Gasteiger partial charge is 0.161 e. The van der Waals surface area contributed by atoms with Crippen LogP contribution in [0.25, 0.3) is 137 Å². The van der Waals surface area contributed by atoms with E-state index in [1.165, 1.54) is 205 Å². The number of nitrogens with zero attached hydrogens (tertiary/aromatic N) is 4. The fourth-order valence-corrected chi connectivity index (χ4v) is 19.5. The minimum absolute atomic E-state index is 0.486. The van der Waals surface area contributed by atoms with E-state index in [0.717, 1.165) is 247 Å². The van der Waals surface area contributed by atoms with Crippen LogP contribution in [0.5, 0.6) is 46.0 Å². The van der Waals surface area contributed by atoms with Gasteiger partial charge < -0.3 is 57.8 Å². The van der Waals surface area contributed by atoms with Crippen LogP contribution in [0.4, 0.5) is 0 Å². The molecule has 8 aliphatic heterocycles. The first-order valence-electron chi connectivity index (χ1n) is 54.1. The Labute approximate surface area is 823 Å². The molecule has 16 heteroatoms. The van der Waals surface area contributed by atoms with Gasteiger partial charge in [0.1, 0.15) is 0 Å². The first kappa shape index (κ1) is 101. The molecule has 0 aliphatic carbocycles. The number of H-pyrrole nitrogens is 4. The summed E-state index contributed by atoms with van der Waals surface area (Å²) in [4.78, 5) is 37.0. The van der Waals surface area contributed by atoms with Crippen molar-refractivity contribution in [3.8, 4) is 90.5 Å². The lowest BCUT2D eigenvalue weighted by molar-refractivity contribution is 0.246. The van der Waals surface area contributed by atoms with Crippen molar-refractivity contribution in [1.82, 2.24) is 39.9 Å². The zero-order valence-electron chi connectivity index (χ0n) is 83.7. The summed E-state index contributed by atoms with van der Waals surface area (Å²) < 4.78 is 55.0. The summed E-state index contributed by atoms with van der Waals surface area (Å²) in [5.41, 5.74) is 21.6. The number of aromatic amines is 4. The summed E-state index contributed by atoms with van der Waals surface area (Å²) in [6.45, 7) is 13.5. The number of hydrogen-bond acceptors (Lipinski definition) is 12. The molecule has 732 valence electrons.